The van der Waals surface area contributed by atoms with Crippen LogP contribution in [0.25, 0.3) is 0 Å². The summed E-state index contributed by atoms with van der Waals surface area (Å²) in [6.07, 6.45) is 0. The summed E-state index contributed by atoms with van der Waals surface area (Å²) in [5, 5.41) is 9.16. The Hall–Kier alpha value is -0.630. The van der Waals surface area contributed by atoms with Gasteiger partial charge in [-0.05, 0) is 24.1 Å². The highest BCUT2D eigenvalue weighted by atomic mass is 79.9. The van der Waals surface area contributed by atoms with Crippen LogP contribution in [-0.4, -0.2) is 26.2 Å². The van der Waals surface area contributed by atoms with E-state index < -0.39 is 16.1 Å². The molecule has 0 aliphatic carbocycles. The van der Waals surface area contributed by atoms with Crippen molar-refractivity contribution in [1.82, 2.24) is 4.72 Å². The predicted octanol–water partition coefficient (Wildman–Crippen LogP) is 1.33. The number of rotatable bonds is 5. The van der Waals surface area contributed by atoms with Gasteiger partial charge in [0.2, 0.25) is 10.0 Å². The third-order valence-corrected chi connectivity index (χ3v) is 4.61. The fraction of sp³-hybridized carbons (Fsp3) is 0.455. The number of hydrogen-bond acceptors (Lipinski definition) is 4. The van der Waals surface area contributed by atoms with Crippen LogP contribution in [0, 0.1) is 5.92 Å². The summed E-state index contributed by atoms with van der Waals surface area (Å²) in [4.78, 5) is 0.0102. The second-order valence-electron chi connectivity index (χ2n) is 4.34. The normalized spacial score (nSPS) is 13.8. The van der Waals surface area contributed by atoms with Crippen LogP contribution >= 0.6 is 15.9 Å². The summed E-state index contributed by atoms with van der Waals surface area (Å²) in [5.74, 6) is -0.0156. The van der Waals surface area contributed by atoms with Crippen molar-refractivity contribution in [2.75, 3.05) is 12.3 Å². The van der Waals surface area contributed by atoms with Crippen molar-refractivity contribution in [2.45, 2.75) is 24.8 Å². The molecule has 0 saturated carbocycles. The maximum Gasteiger partial charge on any atom is 0.242 e. The lowest BCUT2D eigenvalue weighted by Crippen LogP contribution is -2.41. The second-order valence-corrected chi connectivity index (χ2v) is 6.93. The van der Waals surface area contributed by atoms with Crippen LogP contribution < -0.4 is 10.5 Å². The fourth-order valence-corrected chi connectivity index (χ4v) is 3.43. The molecule has 0 fully saturated rings. The van der Waals surface area contributed by atoms with Gasteiger partial charge in [0.05, 0.1) is 12.3 Å². The number of aliphatic hydroxyl groups is 1. The highest BCUT2D eigenvalue weighted by Crippen LogP contribution is 2.23. The first-order valence-corrected chi connectivity index (χ1v) is 7.73. The molecule has 0 spiro atoms. The fourth-order valence-electron chi connectivity index (χ4n) is 1.39. The Morgan fingerprint density at radius 1 is 1.44 bits per heavy atom. The molecule has 0 aromatic heterocycles. The van der Waals surface area contributed by atoms with Crippen LogP contribution in [0.15, 0.2) is 27.6 Å². The number of hydrogen-bond donors (Lipinski definition) is 3. The molecule has 0 radical (unpaired) electrons. The third kappa shape index (κ3) is 3.68. The average molecular weight is 337 g/mol. The smallest absolute Gasteiger partial charge is 0.242 e. The molecular formula is C11H17BrN2O3S. The van der Waals surface area contributed by atoms with Crippen molar-refractivity contribution in [3.63, 3.8) is 0 Å². The summed E-state index contributed by atoms with van der Waals surface area (Å²) in [6, 6.07) is 4.09. The van der Waals surface area contributed by atoms with Gasteiger partial charge in [-0.15, -0.1) is 0 Å². The van der Waals surface area contributed by atoms with E-state index in [4.69, 9.17) is 10.8 Å². The molecule has 0 amide bonds. The van der Waals surface area contributed by atoms with Crippen LogP contribution in [-0.2, 0) is 10.0 Å². The van der Waals surface area contributed by atoms with E-state index in [1.807, 2.05) is 13.8 Å². The molecule has 1 aromatic carbocycles. The van der Waals surface area contributed by atoms with E-state index in [1.165, 1.54) is 12.1 Å². The van der Waals surface area contributed by atoms with Crippen LogP contribution in [0.3, 0.4) is 0 Å². The summed E-state index contributed by atoms with van der Waals surface area (Å²) in [5.41, 5.74) is 5.84. The van der Waals surface area contributed by atoms with Gasteiger partial charge in [0.25, 0.3) is 0 Å². The minimum Gasteiger partial charge on any atom is -0.398 e. The SMILES string of the molecule is CC(C)C(CO)NS(=O)(=O)c1cc(Br)ccc1N. The van der Waals surface area contributed by atoms with Crippen LogP contribution in [0.2, 0.25) is 0 Å². The Labute approximate surface area is 116 Å². The van der Waals surface area contributed by atoms with E-state index >= 15 is 0 Å². The molecule has 102 valence electrons. The zero-order valence-electron chi connectivity index (χ0n) is 10.2. The van der Waals surface area contributed by atoms with E-state index in [0.717, 1.165) is 0 Å². The Morgan fingerprint density at radius 2 is 2.06 bits per heavy atom. The number of nitrogens with two attached hydrogens (primary N) is 1. The number of halogens is 1. The lowest BCUT2D eigenvalue weighted by atomic mass is 10.1. The molecule has 1 unspecified atom stereocenters. The Balaban J connectivity index is 3.10. The van der Waals surface area contributed by atoms with Crippen molar-refractivity contribution in [3.8, 4) is 0 Å². The summed E-state index contributed by atoms with van der Waals surface area (Å²) in [6.45, 7) is 3.39. The molecule has 0 heterocycles. The first-order valence-electron chi connectivity index (χ1n) is 5.46. The van der Waals surface area contributed by atoms with Gasteiger partial charge in [0.15, 0.2) is 0 Å². The maximum absolute atomic E-state index is 12.2. The Morgan fingerprint density at radius 3 is 2.56 bits per heavy atom. The topological polar surface area (TPSA) is 92.4 Å². The van der Waals surface area contributed by atoms with Gasteiger partial charge < -0.3 is 10.8 Å². The van der Waals surface area contributed by atoms with Gasteiger partial charge in [-0.25, -0.2) is 13.1 Å². The lowest BCUT2D eigenvalue weighted by molar-refractivity contribution is 0.227. The number of benzene rings is 1. The standard InChI is InChI=1S/C11H17BrN2O3S/c1-7(2)10(6-15)14-18(16,17)11-5-8(12)3-4-9(11)13/h3-5,7,10,14-15H,6,13H2,1-2H3. The second kappa shape index (κ2) is 6.01. The van der Waals surface area contributed by atoms with Gasteiger partial charge in [-0.2, -0.15) is 0 Å². The molecule has 1 atom stereocenters. The summed E-state index contributed by atoms with van der Waals surface area (Å²) < 4.78 is 27.4. The molecule has 1 aromatic rings. The van der Waals surface area contributed by atoms with E-state index in [0.29, 0.717) is 4.47 Å². The molecule has 0 saturated heterocycles. The Bertz CT molecular complexity index is 517. The van der Waals surface area contributed by atoms with Crippen molar-refractivity contribution in [1.29, 1.82) is 0 Å². The van der Waals surface area contributed by atoms with Crippen molar-refractivity contribution >= 4 is 31.6 Å². The maximum atomic E-state index is 12.2. The molecule has 0 bridgehead atoms. The van der Waals surface area contributed by atoms with E-state index in [9.17, 15) is 8.42 Å². The van der Waals surface area contributed by atoms with Gasteiger partial charge in [0, 0.05) is 10.5 Å². The highest BCUT2D eigenvalue weighted by Gasteiger charge is 2.23. The van der Waals surface area contributed by atoms with Crippen molar-refractivity contribution in [2.24, 2.45) is 5.92 Å². The highest BCUT2D eigenvalue weighted by molar-refractivity contribution is 9.10. The van der Waals surface area contributed by atoms with E-state index in [2.05, 4.69) is 20.7 Å². The average Bonchev–Trinajstić information content (AvgIpc) is 2.28. The van der Waals surface area contributed by atoms with Gasteiger partial charge in [-0.1, -0.05) is 29.8 Å². The number of sulfonamides is 1. The first-order chi connectivity index (χ1) is 8.27. The minimum atomic E-state index is -3.73. The minimum absolute atomic E-state index is 0.0102. The molecule has 0 aliphatic rings. The largest absolute Gasteiger partial charge is 0.398 e. The molecule has 5 nitrogen and oxygen atoms in total. The van der Waals surface area contributed by atoms with Gasteiger partial charge in [-0.3, -0.25) is 0 Å². The number of aliphatic hydroxyl groups excluding tert-OH is 1. The van der Waals surface area contributed by atoms with Gasteiger partial charge >= 0.3 is 0 Å². The summed E-state index contributed by atoms with van der Waals surface area (Å²) in [7, 11) is -3.73. The predicted molar refractivity (Wildman–Crippen MR) is 74.6 cm³/mol. The Kier molecular flexibility index (Phi) is 5.15. The van der Waals surface area contributed by atoms with E-state index in [1.54, 1.807) is 6.07 Å². The van der Waals surface area contributed by atoms with Crippen LogP contribution in [0.1, 0.15) is 13.8 Å². The first kappa shape index (κ1) is 15.4. The monoisotopic (exact) mass is 336 g/mol. The molecule has 7 heteroatoms. The lowest BCUT2D eigenvalue weighted by Gasteiger charge is -2.20. The number of anilines is 1. The molecule has 18 heavy (non-hydrogen) atoms. The van der Waals surface area contributed by atoms with Crippen LogP contribution in [0.5, 0.6) is 0 Å². The molecule has 1 rings (SSSR count). The molecule has 4 N–H and O–H groups in total. The zero-order chi connectivity index (χ0) is 13.9. The third-order valence-electron chi connectivity index (χ3n) is 2.57. The van der Waals surface area contributed by atoms with Crippen molar-refractivity contribution < 1.29 is 13.5 Å². The number of nitrogens with one attached hydrogen (secondary N) is 1. The zero-order valence-corrected chi connectivity index (χ0v) is 12.6. The number of nitrogen functional groups attached to an aromatic ring is 1. The quantitative estimate of drug-likeness (QED) is 0.707. The summed E-state index contributed by atoms with van der Waals surface area (Å²) >= 11 is 3.20. The van der Waals surface area contributed by atoms with Crippen molar-refractivity contribution in [3.05, 3.63) is 22.7 Å². The molecule has 0 aliphatic heterocycles. The van der Waals surface area contributed by atoms with E-state index in [-0.39, 0.29) is 23.1 Å². The molecular weight excluding hydrogens is 320 g/mol. The van der Waals surface area contributed by atoms with Crippen LogP contribution in [0.4, 0.5) is 5.69 Å². The van der Waals surface area contributed by atoms with Gasteiger partial charge in [0.1, 0.15) is 4.90 Å².